The Morgan fingerprint density at radius 1 is 1.47 bits per heavy atom. The third kappa shape index (κ3) is 3.41. The topological polar surface area (TPSA) is 54.5 Å². The van der Waals surface area contributed by atoms with E-state index in [1.165, 1.54) is 25.1 Å². The van der Waals surface area contributed by atoms with E-state index in [0.29, 0.717) is 0 Å². The van der Waals surface area contributed by atoms with Gasteiger partial charge in [-0.05, 0) is 36.7 Å². The van der Waals surface area contributed by atoms with Gasteiger partial charge in [0.25, 0.3) is 0 Å². The second-order valence-corrected chi connectivity index (χ2v) is 5.75. The first-order valence-electron chi connectivity index (χ1n) is 4.68. The molecule has 7 heteroatoms. The lowest BCUT2D eigenvalue weighted by molar-refractivity contribution is -0.112. The fourth-order valence-corrected chi connectivity index (χ4v) is 2.73. The van der Waals surface area contributed by atoms with E-state index in [-0.39, 0.29) is 5.69 Å². The zero-order valence-corrected chi connectivity index (χ0v) is 10.8. The first kappa shape index (κ1) is 13.9. The van der Waals surface area contributed by atoms with E-state index in [1.807, 2.05) is 0 Å². The molecule has 0 saturated heterocycles. The molecular weight excluding hydrogens is 269 g/mol. The molecule has 0 spiro atoms. The van der Waals surface area contributed by atoms with Crippen molar-refractivity contribution in [2.24, 2.45) is 0 Å². The van der Waals surface area contributed by atoms with E-state index in [9.17, 15) is 17.6 Å². The van der Waals surface area contributed by atoms with Crippen molar-refractivity contribution >= 4 is 32.6 Å². The lowest BCUT2D eigenvalue weighted by atomic mass is 10.3. The van der Waals surface area contributed by atoms with Crippen LogP contribution >= 0.6 is 11.6 Å². The van der Waals surface area contributed by atoms with Gasteiger partial charge >= 0.3 is 0 Å². The minimum absolute atomic E-state index is 0.0639. The van der Waals surface area contributed by atoms with Crippen LogP contribution in [-0.4, -0.2) is 26.0 Å². The van der Waals surface area contributed by atoms with Crippen LogP contribution in [0.3, 0.4) is 0 Å². The highest BCUT2D eigenvalue weighted by molar-refractivity contribution is 7.92. The maximum absolute atomic E-state index is 13.0. The SMILES string of the molecule is CC(C(=O)Cl)N(c1cccc(F)c1)S(C)(=O)=O. The number of nitrogens with zero attached hydrogens (tertiary/aromatic N) is 1. The lowest BCUT2D eigenvalue weighted by Gasteiger charge is -2.26. The maximum atomic E-state index is 13.0. The number of hydrogen-bond donors (Lipinski definition) is 0. The Balaban J connectivity index is 3.30. The van der Waals surface area contributed by atoms with Crippen LogP contribution in [0.15, 0.2) is 24.3 Å². The van der Waals surface area contributed by atoms with Crippen LogP contribution in [0.4, 0.5) is 10.1 Å². The number of hydrogen-bond acceptors (Lipinski definition) is 3. The molecule has 1 rings (SSSR count). The molecule has 1 aromatic rings. The predicted octanol–water partition coefficient (Wildman–Crippen LogP) is 1.75. The average molecular weight is 280 g/mol. The molecular formula is C10H11ClFNO3S. The van der Waals surface area contributed by atoms with Crippen LogP contribution in [0.2, 0.25) is 0 Å². The van der Waals surface area contributed by atoms with Crippen LogP contribution < -0.4 is 4.31 Å². The summed E-state index contributed by atoms with van der Waals surface area (Å²) in [5, 5.41) is -0.834. The minimum Gasteiger partial charge on any atom is -0.279 e. The summed E-state index contributed by atoms with van der Waals surface area (Å²) in [4.78, 5) is 11.1. The smallest absolute Gasteiger partial charge is 0.245 e. The standard InChI is InChI=1S/C10H11ClFNO3S/c1-7(10(11)14)13(17(2,15)16)9-5-3-4-8(12)6-9/h3-7H,1-2H3. The summed E-state index contributed by atoms with van der Waals surface area (Å²) < 4.78 is 37.0. The number of carbonyl (C=O) groups excluding carboxylic acids is 1. The highest BCUT2D eigenvalue weighted by Gasteiger charge is 2.28. The zero-order chi connectivity index (χ0) is 13.2. The third-order valence-electron chi connectivity index (χ3n) is 2.10. The van der Waals surface area contributed by atoms with Gasteiger partial charge in [-0.2, -0.15) is 0 Å². The highest BCUT2D eigenvalue weighted by Crippen LogP contribution is 2.22. The summed E-state index contributed by atoms with van der Waals surface area (Å²) in [6, 6.07) is 3.86. The van der Waals surface area contributed by atoms with Crippen molar-refractivity contribution in [3.05, 3.63) is 30.1 Å². The molecule has 0 amide bonds. The van der Waals surface area contributed by atoms with Gasteiger partial charge < -0.3 is 0 Å². The molecule has 0 aliphatic carbocycles. The summed E-state index contributed by atoms with van der Waals surface area (Å²) in [5.41, 5.74) is 0.0639. The van der Waals surface area contributed by atoms with E-state index < -0.39 is 27.1 Å². The van der Waals surface area contributed by atoms with Crippen molar-refractivity contribution in [2.45, 2.75) is 13.0 Å². The molecule has 1 unspecified atom stereocenters. The molecule has 0 bridgehead atoms. The van der Waals surface area contributed by atoms with Crippen LogP contribution in [0, 0.1) is 5.82 Å². The van der Waals surface area contributed by atoms with Gasteiger partial charge in [0, 0.05) is 0 Å². The first-order chi connectivity index (χ1) is 7.73. The second-order valence-electron chi connectivity index (χ2n) is 3.52. The molecule has 0 heterocycles. The van der Waals surface area contributed by atoms with Gasteiger partial charge in [-0.25, -0.2) is 12.8 Å². The number of benzene rings is 1. The van der Waals surface area contributed by atoms with E-state index in [2.05, 4.69) is 0 Å². The van der Waals surface area contributed by atoms with Crippen molar-refractivity contribution in [3.63, 3.8) is 0 Å². The molecule has 0 aliphatic heterocycles. The third-order valence-corrected chi connectivity index (χ3v) is 3.66. The van der Waals surface area contributed by atoms with E-state index in [4.69, 9.17) is 11.6 Å². The van der Waals surface area contributed by atoms with Crippen molar-refractivity contribution < 1.29 is 17.6 Å². The van der Waals surface area contributed by atoms with Crippen molar-refractivity contribution in [1.82, 2.24) is 0 Å². The molecule has 0 saturated carbocycles. The monoisotopic (exact) mass is 279 g/mol. The number of halogens is 2. The summed E-state index contributed by atoms with van der Waals surface area (Å²) in [6.07, 6.45) is 0.925. The Morgan fingerprint density at radius 3 is 2.47 bits per heavy atom. The van der Waals surface area contributed by atoms with Gasteiger partial charge in [0.2, 0.25) is 15.3 Å². The fraction of sp³-hybridized carbons (Fsp3) is 0.300. The molecule has 0 fully saturated rings. The van der Waals surface area contributed by atoms with Gasteiger partial charge in [0.05, 0.1) is 11.9 Å². The Labute approximate surface area is 104 Å². The molecule has 17 heavy (non-hydrogen) atoms. The van der Waals surface area contributed by atoms with Crippen LogP contribution in [-0.2, 0) is 14.8 Å². The average Bonchev–Trinajstić information content (AvgIpc) is 2.15. The summed E-state index contributed by atoms with van der Waals surface area (Å²) in [5.74, 6) is -0.592. The van der Waals surface area contributed by atoms with Crippen molar-refractivity contribution in [1.29, 1.82) is 0 Å². The van der Waals surface area contributed by atoms with E-state index >= 15 is 0 Å². The number of carbonyl (C=O) groups is 1. The van der Waals surface area contributed by atoms with E-state index in [1.54, 1.807) is 0 Å². The summed E-state index contributed by atoms with van der Waals surface area (Å²) in [7, 11) is -3.72. The molecule has 0 radical (unpaired) electrons. The molecule has 0 aromatic heterocycles. The normalized spacial score (nSPS) is 13.2. The summed E-state index contributed by atoms with van der Waals surface area (Å²) in [6.45, 7) is 1.33. The van der Waals surface area contributed by atoms with Gasteiger partial charge in [0.15, 0.2) is 0 Å². The Morgan fingerprint density at radius 2 is 2.06 bits per heavy atom. The van der Waals surface area contributed by atoms with E-state index in [0.717, 1.165) is 16.6 Å². The Kier molecular flexibility index (Phi) is 4.11. The predicted molar refractivity (Wildman–Crippen MR) is 64.0 cm³/mol. The molecule has 1 atom stereocenters. The zero-order valence-electron chi connectivity index (χ0n) is 9.22. The van der Waals surface area contributed by atoms with Crippen molar-refractivity contribution in [2.75, 3.05) is 10.6 Å². The van der Waals surface area contributed by atoms with Crippen LogP contribution in [0.25, 0.3) is 0 Å². The van der Waals surface area contributed by atoms with Crippen LogP contribution in [0.5, 0.6) is 0 Å². The van der Waals surface area contributed by atoms with Gasteiger partial charge in [-0.3, -0.25) is 9.10 Å². The molecule has 4 nitrogen and oxygen atoms in total. The van der Waals surface area contributed by atoms with Crippen molar-refractivity contribution in [3.8, 4) is 0 Å². The quantitative estimate of drug-likeness (QED) is 0.789. The number of sulfonamides is 1. The van der Waals surface area contributed by atoms with Gasteiger partial charge in [0.1, 0.15) is 11.9 Å². The molecule has 1 aromatic carbocycles. The summed E-state index contributed by atoms with van der Waals surface area (Å²) >= 11 is 5.28. The fourth-order valence-electron chi connectivity index (χ4n) is 1.41. The number of rotatable bonds is 4. The largest absolute Gasteiger partial charge is 0.279 e. The van der Waals surface area contributed by atoms with Crippen LogP contribution in [0.1, 0.15) is 6.92 Å². The Bertz CT molecular complexity index is 532. The molecule has 0 N–H and O–H groups in total. The second kappa shape index (κ2) is 5.01. The Hall–Kier alpha value is -1.14. The number of anilines is 1. The lowest BCUT2D eigenvalue weighted by Crippen LogP contribution is -2.41. The first-order valence-corrected chi connectivity index (χ1v) is 6.90. The highest BCUT2D eigenvalue weighted by atomic mass is 35.5. The van der Waals surface area contributed by atoms with Gasteiger partial charge in [-0.1, -0.05) is 6.07 Å². The molecule has 94 valence electrons. The molecule has 0 aliphatic rings. The minimum atomic E-state index is -3.72. The van der Waals surface area contributed by atoms with Gasteiger partial charge in [-0.15, -0.1) is 0 Å². The maximum Gasteiger partial charge on any atom is 0.245 e.